The number of anilines is 5. The van der Waals surface area contributed by atoms with Crippen LogP contribution in [0.4, 0.5) is 28.4 Å². The number of amides is 2. The second-order valence-electron chi connectivity index (χ2n) is 10.6. The molecule has 8 heteroatoms. The van der Waals surface area contributed by atoms with Gasteiger partial charge in [0.2, 0.25) is 0 Å². The highest BCUT2D eigenvalue weighted by Crippen LogP contribution is 2.24. The Morgan fingerprint density at radius 3 is 1.86 bits per heavy atom. The predicted molar refractivity (Wildman–Crippen MR) is 169 cm³/mol. The molecule has 1 aliphatic rings. The van der Waals surface area contributed by atoms with Gasteiger partial charge >= 0.3 is 0 Å². The summed E-state index contributed by atoms with van der Waals surface area (Å²) in [6.07, 6.45) is 1.32. The Bertz CT molecular complexity index is 1700. The minimum Gasteiger partial charge on any atom is -0.393 e. The maximum atomic E-state index is 12.9. The van der Waals surface area contributed by atoms with Crippen molar-refractivity contribution in [2.75, 3.05) is 33.9 Å². The standard InChI is InChI=1S/C34H33N5O3/c1-38-31-5-3-2-4-24(31)22-32(38)34(42)37-28-14-10-26(11-15-28)35-25-8-12-27(13-9-25)36-33(41)23-6-16-29(17-7-23)39-20-18-30(40)19-21-39/h2-17,22,30,35,40H,18-21H2,1H3,(H,36,41)(H,37,42). The minimum atomic E-state index is -0.213. The van der Waals surface area contributed by atoms with Gasteiger partial charge in [-0.15, -0.1) is 0 Å². The average Bonchev–Trinajstić information content (AvgIpc) is 3.36. The smallest absolute Gasteiger partial charge is 0.272 e. The van der Waals surface area contributed by atoms with Crippen molar-refractivity contribution >= 4 is 51.2 Å². The first kappa shape index (κ1) is 27.1. The van der Waals surface area contributed by atoms with Crippen LogP contribution >= 0.6 is 0 Å². The van der Waals surface area contributed by atoms with Gasteiger partial charge in [0.15, 0.2) is 0 Å². The molecule has 0 bridgehead atoms. The number of benzene rings is 4. The number of carbonyl (C=O) groups excluding carboxylic acids is 2. The van der Waals surface area contributed by atoms with Crippen molar-refractivity contribution < 1.29 is 14.7 Å². The van der Waals surface area contributed by atoms with E-state index in [-0.39, 0.29) is 17.9 Å². The Kier molecular flexibility index (Phi) is 7.62. The molecule has 0 saturated carbocycles. The maximum Gasteiger partial charge on any atom is 0.272 e. The van der Waals surface area contributed by atoms with Crippen LogP contribution < -0.4 is 20.9 Å². The Balaban J connectivity index is 1.02. The highest BCUT2D eigenvalue weighted by atomic mass is 16.3. The molecule has 8 nitrogen and oxygen atoms in total. The Morgan fingerprint density at radius 1 is 0.714 bits per heavy atom. The SMILES string of the molecule is Cn1c(C(=O)Nc2ccc(Nc3ccc(NC(=O)c4ccc(N5CCC(O)CC5)cc4)cc3)cc2)cc2ccccc21. The van der Waals surface area contributed by atoms with Crippen molar-refractivity contribution in [3.8, 4) is 0 Å². The lowest BCUT2D eigenvalue weighted by Gasteiger charge is -2.31. The third-order valence-corrected chi connectivity index (χ3v) is 7.72. The van der Waals surface area contributed by atoms with Crippen molar-refractivity contribution in [2.45, 2.75) is 18.9 Å². The first-order chi connectivity index (χ1) is 20.4. The van der Waals surface area contributed by atoms with Gasteiger partial charge in [-0.1, -0.05) is 18.2 Å². The van der Waals surface area contributed by atoms with E-state index in [1.807, 2.05) is 115 Å². The third-order valence-electron chi connectivity index (χ3n) is 7.72. The van der Waals surface area contributed by atoms with Crippen LogP contribution in [0.1, 0.15) is 33.7 Å². The molecule has 0 unspecified atom stereocenters. The lowest BCUT2D eigenvalue weighted by Crippen LogP contribution is -2.35. The lowest BCUT2D eigenvalue weighted by molar-refractivity contribution is 0.101. The number of aromatic nitrogens is 1. The third kappa shape index (κ3) is 5.99. The second kappa shape index (κ2) is 11.8. The van der Waals surface area contributed by atoms with E-state index in [0.29, 0.717) is 22.6 Å². The molecule has 2 amide bonds. The van der Waals surface area contributed by atoms with E-state index in [1.165, 1.54) is 0 Å². The molecule has 6 rings (SSSR count). The number of aliphatic hydroxyl groups is 1. The van der Waals surface area contributed by atoms with E-state index in [1.54, 1.807) is 0 Å². The number of fused-ring (bicyclic) bond motifs is 1. The fourth-order valence-electron chi connectivity index (χ4n) is 5.29. The van der Waals surface area contributed by atoms with Crippen molar-refractivity contribution in [1.82, 2.24) is 4.57 Å². The van der Waals surface area contributed by atoms with Gasteiger partial charge in [-0.3, -0.25) is 9.59 Å². The highest BCUT2D eigenvalue weighted by molar-refractivity contribution is 6.06. The van der Waals surface area contributed by atoms with Gasteiger partial charge in [0.25, 0.3) is 11.8 Å². The van der Waals surface area contributed by atoms with Gasteiger partial charge in [-0.25, -0.2) is 0 Å². The topological polar surface area (TPSA) is 98.6 Å². The van der Waals surface area contributed by atoms with Gasteiger partial charge in [-0.2, -0.15) is 0 Å². The van der Waals surface area contributed by atoms with Crippen LogP contribution in [0.3, 0.4) is 0 Å². The van der Waals surface area contributed by atoms with Crippen LogP contribution in [0.25, 0.3) is 10.9 Å². The summed E-state index contributed by atoms with van der Waals surface area (Å²) in [5.41, 5.74) is 6.41. The Hall–Kier alpha value is -5.08. The number of para-hydroxylation sites is 1. The highest BCUT2D eigenvalue weighted by Gasteiger charge is 2.18. The molecule has 2 heterocycles. The van der Waals surface area contributed by atoms with Crippen LogP contribution in [-0.4, -0.2) is 40.7 Å². The number of aryl methyl sites for hydroxylation is 1. The predicted octanol–water partition coefficient (Wildman–Crippen LogP) is 6.39. The minimum absolute atomic E-state index is 0.161. The number of rotatable bonds is 7. The summed E-state index contributed by atoms with van der Waals surface area (Å²) in [6, 6.07) is 32.4. The molecule has 212 valence electrons. The van der Waals surface area contributed by atoms with Gasteiger partial charge < -0.3 is 30.5 Å². The summed E-state index contributed by atoms with van der Waals surface area (Å²) < 4.78 is 1.89. The molecule has 1 aromatic heterocycles. The molecule has 1 saturated heterocycles. The van der Waals surface area contributed by atoms with Gasteiger partial charge in [-0.05, 0) is 97.8 Å². The number of carbonyl (C=O) groups is 2. The lowest BCUT2D eigenvalue weighted by atomic mass is 10.1. The number of nitrogens with one attached hydrogen (secondary N) is 3. The Labute approximate surface area is 244 Å². The average molecular weight is 560 g/mol. The largest absolute Gasteiger partial charge is 0.393 e. The summed E-state index contributed by atoms with van der Waals surface area (Å²) in [7, 11) is 1.89. The van der Waals surface area contributed by atoms with Crippen LogP contribution in [0.15, 0.2) is 103 Å². The van der Waals surface area contributed by atoms with E-state index < -0.39 is 0 Å². The number of hydrogen-bond donors (Lipinski definition) is 4. The van der Waals surface area contributed by atoms with E-state index in [2.05, 4.69) is 20.9 Å². The molecule has 0 spiro atoms. The molecule has 4 aromatic carbocycles. The fourth-order valence-corrected chi connectivity index (χ4v) is 5.29. The molecule has 1 fully saturated rings. The normalized spacial score (nSPS) is 13.6. The number of piperidine rings is 1. The second-order valence-corrected chi connectivity index (χ2v) is 10.6. The van der Waals surface area contributed by atoms with E-state index >= 15 is 0 Å². The summed E-state index contributed by atoms with van der Waals surface area (Å²) in [6.45, 7) is 1.64. The van der Waals surface area contributed by atoms with E-state index in [9.17, 15) is 14.7 Å². The quantitative estimate of drug-likeness (QED) is 0.185. The summed E-state index contributed by atoms with van der Waals surface area (Å²) in [4.78, 5) is 27.9. The number of hydrogen-bond acceptors (Lipinski definition) is 5. The molecular formula is C34H33N5O3. The molecule has 4 N–H and O–H groups in total. The summed E-state index contributed by atoms with van der Waals surface area (Å²) in [5.74, 6) is -0.330. The van der Waals surface area contributed by atoms with Crippen molar-refractivity contribution in [2.24, 2.45) is 7.05 Å². The Morgan fingerprint density at radius 2 is 1.26 bits per heavy atom. The monoisotopic (exact) mass is 559 g/mol. The molecule has 42 heavy (non-hydrogen) atoms. The zero-order valence-corrected chi connectivity index (χ0v) is 23.4. The van der Waals surface area contributed by atoms with E-state index in [4.69, 9.17) is 0 Å². The van der Waals surface area contributed by atoms with Gasteiger partial charge in [0.05, 0.1) is 6.10 Å². The molecule has 1 aliphatic heterocycles. The summed E-state index contributed by atoms with van der Waals surface area (Å²) >= 11 is 0. The first-order valence-corrected chi connectivity index (χ1v) is 14.1. The molecule has 5 aromatic rings. The van der Waals surface area contributed by atoms with Crippen LogP contribution in [0.5, 0.6) is 0 Å². The zero-order valence-electron chi connectivity index (χ0n) is 23.4. The molecule has 0 radical (unpaired) electrons. The van der Waals surface area contributed by atoms with Crippen LogP contribution in [-0.2, 0) is 7.05 Å². The van der Waals surface area contributed by atoms with Crippen molar-refractivity contribution in [1.29, 1.82) is 0 Å². The molecular weight excluding hydrogens is 526 g/mol. The fraction of sp³-hybridized carbons (Fsp3) is 0.176. The maximum absolute atomic E-state index is 12.9. The van der Waals surface area contributed by atoms with Crippen LogP contribution in [0.2, 0.25) is 0 Å². The van der Waals surface area contributed by atoms with E-state index in [0.717, 1.165) is 53.9 Å². The van der Waals surface area contributed by atoms with Crippen molar-refractivity contribution in [3.63, 3.8) is 0 Å². The molecule has 0 aliphatic carbocycles. The summed E-state index contributed by atoms with van der Waals surface area (Å²) in [5, 5.41) is 20.0. The van der Waals surface area contributed by atoms with Crippen LogP contribution in [0, 0.1) is 0 Å². The number of nitrogens with zero attached hydrogens (tertiary/aromatic N) is 2. The number of aliphatic hydroxyl groups excluding tert-OH is 1. The van der Waals surface area contributed by atoms with Gasteiger partial charge in [0, 0.05) is 65.0 Å². The first-order valence-electron chi connectivity index (χ1n) is 14.1. The molecule has 0 atom stereocenters. The van der Waals surface area contributed by atoms with Crippen molar-refractivity contribution in [3.05, 3.63) is 114 Å². The zero-order chi connectivity index (χ0) is 29.1. The van der Waals surface area contributed by atoms with Gasteiger partial charge in [0.1, 0.15) is 5.69 Å².